The molecule has 0 saturated carbocycles. The quantitative estimate of drug-likeness (QED) is 0.802. The van der Waals surface area contributed by atoms with Crippen molar-refractivity contribution in [2.75, 3.05) is 13.6 Å². The summed E-state index contributed by atoms with van der Waals surface area (Å²) in [5, 5.41) is 0.752. The van der Waals surface area contributed by atoms with Crippen molar-refractivity contribution in [2.45, 2.75) is 27.3 Å². The van der Waals surface area contributed by atoms with Crippen LogP contribution in [0.3, 0.4) is 0 Å². The number of hydrogen-bond acceptors (Lipinski definition) is 2. The molecule has 0 saturated heterocycles. The standard InChI is InChI=1S/C14H20ClNO/c1-11(17)14(2,3)10-16(4)9-12-6-5-7-13(15)8-12/h5-8H,9-10H2,1-4H3. The molecule has 0 aliphatic rings. The van der Waals surface area contributed by atoms with Gasteiger partial charge in [-0.05, 0) is 31.7 Å². The van der Waals surface area contributed by atoms with Crippen molar-refractivity contribution in [2.24, 2.45) is 5.41 Å². The minimum atomic E-state index is -0.298. The molecule has 0 amide bonds. The maximum Gasteiger partial charge on any atom is 0.136 e. The van der Waals surface area contributed by atoms with Gasteiger partial charge in [0, 0.05) is 23.5 Å². The zero-order valence-electron chi connectivity index (χ0n) is 11.0. The number of rotatable bonds is 5. The molecule has 0 spiro atoms. The summed E-state index contributed by atoms with van der Waals surface area (Å²) in [6.07, 6.45) is 0. The van der Waals surface area contributed by atoms with Gasteiger partial charge in [-0.15, -0.1) is 0 Å². The van der Waals surface area contributed by atoms with Crippen LogP contribution < -0.4 is 0 Å². The average Bonchev–Trinajstić information content (AvgIpc) is 2.15. The lowest BCUT2D eigenvalue weighted by Gasteiger charge is -2.28. The molecule has 0 bridgehead atoms. The van der Waals surface area contributed by atoms with Crippen molar-refractivity contribution in [1.29, 1.82) is 0 Å². The van der Waals surface area contributed by atoms with E-state index in [0.29, 0.717) is 0 Å². The molecule has 3 heteroatoms. The highest BCUT2D eigenvalue weighted by Gasteiger charge is 2.25. The number of benzene rings is 1. The Bertz CT molecular complexity index is 401. The lowest BCUT2D eigenvalue weighted by molar-refractivity contribution is -0.125. The van der Waals surface area contributed by atoms with E-state index in [-0.39, 0.29) is 11.2 Å². The summed E-state index contributed by atoms with van der Waals surface area (Å²) >= 11 is 5.94. The van der Waals surface area contributed by atoms with E-state index in [1.54, 1.807) is 6.92 Å². The van der Waals surface area contributed by atoms with E-state index in [1.807, 2.05) is 45.2 Å². The number of Topliss-reactive ketones (excluding diaryl/α,β-unsaturated/α-hetero) is 1. The number of carbonyl (C=O) groups excluding carboxylic acids is 1. The first-order valence-corrected chi connectivity index (χ1v) is 6.13. The lowest BCUT2D eigenvalue weighted by atomic mass is 9.88. The van der Waals surface area contributed by atoms with Gasteiger partial charge in [-0.3, -0.25) is 4.79 Å². The van der Waals surface area contributed by atoms with E-state index in [0.717, 1.165) is 18.1 Å². The van der Waals surface area contributed by atoms with Crippen LogP contribution in [0.25, 0.3) is 0 Å². The average molecular weight is 254 g/mol. The molecule has 1 aromatic carbocycles. The second kappa shape index (κ2) is 5.65. The Labute approximate surface area is 109 Å². The van der Waals surface area contributed by atoms with Crippen LogP contribution in [0.2, 0.25) is 5.02 Å². The fraction of sp³-hybridized carbons (Fsp3) is 0.500. The predicted molar refractivity (Wildman–Crippen MR) is 72.2 cm³/mol. The summed E-state index contributed by atoms with van der Waals surface area (Å²) in [5.41, 5.74) is 0.868. The van der Waals surface area contributed by atoms with Crippen molar-refractivity contribution in [1.82, 2.24) is 4.90 Å². The molecule has 0 aliphatic heterocycles. The molecule has 0 fully saturated rings. The van der Waals surface area contributed by atoms with Crippen molar-refractivity contribution in [3.63, 3.8) is 0 Å². The maximum atomic E-state index is 11.5. The summed E-state index contributed by atoms with van der Waals surface area (Å²) in [5.74, 6) is 0.218. The van der Waals surface area contributed by atoms with Gasteiger partial charge >= 0.3 is 0 Å². The molecule has 17 heavy (non-hydrogen) atoms. The molecule has 0 aromatic heterocycles. The second-order valence-electron chi connectivity index (χ2n) is 5.24. The Kier molecular flexibility index (Phi) is 4.72. The highest BCUT2D eigenvalue weighted by Crippen LogP contribution is 2.19. The lowest BCUT2D eigenvalue weighted by Crippen LogP contribution is -2.35. The maximum absolute atomic E-state index is 11.5. The molecule has 94 valence electrons. The van der Waals surface area contributed by atoms with Gasteiger partial charge in [-0.1, -0.05) is 37.6 Å². The molecular formula is C14H20ClNO. The second-order valence-corrected chi connectivity index (χ2v) is 5.68. The first kappa shape index (κ1) is 14.2. The van der Waals surface area contributed by atoms with Gasteiger partial charge in [0.25, 0.3) is 0 Å². The van der Waals surface area contributed by atoms with Crippen LogP contribution in [-0.4, -0.2) is 24.3 Å². The predicted octanol–water partition coefficient (Wildman–Crippen LogP) is 3.39. The van der Waals surface area contributed by atoms with Crippen LogP contribution in [0.15, 0.2) is 24.3 Å². The topological polar surface area (TPSA) is 20.3 Å². The number of ketones is 1. The van der Waals surface area contributed by atoms with E-state index >= 15 is 0 Å². The summed E-state index contributed by atoms with van der Waals surface area (Å²) < 4.78 is 0. The van der Waals surface area contributed by atoms with Crippen LogP contribution in [0.1, 0.15) is 26.3 Å². The van der Waals surface area contributed by atoms with Crippen LogP contribution in [0, 0.1) is 5.41 Å². The molecule has 0 atom stereocenters. The minimum absolute atomic E-state index is 0.218. The Hall–Kier alpha value is -0.860. The van der Waals surface area contributed by atoms with Gasteiger partial charge in [0.15, 0.2) is 0 Å². The minimum Gasteiger partial charge on any atom is -0.301 e. The molecule has 0 unspecified atom stereocenters. The van der Waals surface area contributed by atoms with E-state index < -0.39 is 0 Å². The Balaban J connectivity index is 2.61. The van der Waals surface area contributed by atoms with Crippen molar-refractivity contribution < 1.29 is 4.79 Å². The highest BCUT2D eigenvalue weighted by molar-refractivity contribution is 6.30. The zero-order valence-corrected chi connectivity index (χ0v) is 11.7. The van der Waals surface area contributed by atoms with Gasteiger partial charge < -0.3 is 4.90 Å². The summed E-state index contributed by atoms with van der Waals surface area (Å²) in [6, 6.07) is 7.81. The SMILES string of the molecule is CC(=O)C(C)(C)CN(C)Cc1cccc(Cl)c1. The van der Waals surface area contributed by atoms with E-state index in [2.05, 4.69) is 4.90 Å². The Morgan fingerprint density at radius 1 is 1.41 bits per heavy atom. The van der Waals surface area contributed by atoms with Gasteiger partial charge in [-0.25, -0.2) is 0 Å². The smallest absolute Gasteiger partial charge is 0.136 e. The van der Waals surface area contributed by atoms with Gasteiger partial charge in [-0.2, -0.15) is 0 Å². The fourth-order valence-corrected chi connectivity index (χ4v) is 2.00. The van der Waals surface area contributed by atoms with E-state index in [9.17, 15) is 4.79 Å². The van der Waals surface area contributed by atoms with Crippen LogP contribution in [0.4, 0.5) is 0 Å². The molecule has 0 radical (unpaired) electrons. The molecule has 0 N–H and O–H groups in total. The summed E-state index contributed by atoms with van der Waals surface area (Å²) in [4.78, 5) is 13.6. The van der Waals surface area contributed by atoms with Crippen LogP contribution in [-0.2, 0) is 11.3 Å². The van der Waals surface area contributed by atoms with E-state index in [1.165, 1.54) is 5.56 Å². The Morgan fingerprint density at radius 2 is 2.06 bits per heavy atom. The number of halogens is 1. The highest BCUT2D eigenvalue weighted by atomic mass is 35.5. The monoisotopic (exact) mass is 253 g/mol. The Morgan fingerprint density at radius 3 is 2.59 bits per heavy atom. The van der Waals surface area contributed by atoms with Crippen molar-refractivity contribution in [3.05, 3.63) is 34.9 Å². The fourth-order valence-electron chi connectivity index (χ4n) is 1.79. The van der Waals surface area contributed by atoms with Crippen molar-refractivity contribution in [3.8, 4) is 0 Å². The molecule has 1 aromatic rings. The molecule has 2 nitrogen and oxygen atoms in total. The third kappa shape index (κ3) is 4.49. The first-order valence-electron chi connectivity index (χ1n) is 5.75. The largest absolute Gasteiger partial charge is 0.301 e. The normalized spacial score (nSPS) is 11.9. The number of hydrogen-bond donors (Lipinski definition) is 0. The third-order valence-electron chi connectivity index (χ3n) is 2.96. The molecule has 0 aliphatic carbocycles. The van der Waals surface area contributed by atoms with Gasteiger partial charge in [0.1, 0.15) is 5.78 Å². The number of nitrogens with zero attached hydrogens (tertiary/aromatic N) is 1. The molecule has 1 rings (SSSR count). The third-order valence-corrected chi connectivity index (χ3v) is 3.19. The van der Waals surface area contributed by atoms with Crippen molar-refractivity contribution >= 4 is 17.4 Å². The van der Waals surface area contributed by atoms with Crippen LogP contribution >= 0.6 is 11.6 Å². The van der Waals surface area contributed by atoms with Gasteiger partial charge in [0.2, 0.25) is 0 Å². The molecular weight excluding hydrogens is 234 g/mol. The number of carbonyl (C=O) groups is 1. The van der Waals surface area contributed by atoms with Crippen LogP contribution in [0.5, 0.6) is 0 Å². The van der Waals surface area contributed by atoms with Gasteiger partial charge in [0.05, 0.1) is 0 Å². The summed E-state index contributed by atoms with van der Waals surface area (Å²) in [6.45, 7) is 7.15. The zero-order chi connectivity index (χ0) is 13.1. The molecule has 0 heterocycles. The summed E-state index contributed by atoms with van der Waals surface area (Å²) in [7, 11) is 2.02. The first-order chi connectivity index (χ1) is 7.81. The van der Waals surface area contributed by atoms with E-state index in [4.69, 9.17) is 11.6 Å².